The Morgan fingerprint density at radius 1 is 1.10 bits per heavy atom. The van der Waals surface area contributed by atoms with Crippen LogP contribution < -0.4 is 4.90 Å². The Morgan fingerprint density at radius 2 is 1.75 bits per heavy atom. The minimum absolute atomic E-state index is 0.330. The summed E-state index contributed by atoms with van der Waals surface area (Å²) in [7, 11) is 1.96. The lowest BCUT2D eigenvalue weighted by atomic mass is 10.2. The van der Waals surface area contributed by atoms with Crippen LogP contribution in [0.25, 0.3) is 0 Å². The number of benzene rings is 2. The van der Waals surface area contributed by atoms with Crippen molar-refractivity contribution in [2.45, 2.75) is 0 Å². The van der Waals surface area contributed by atoms with Gasteiger partial charge < -0.3 is 9.64 Å². The number of carbonyl (C=O) groups excluding carboxylic acids is 1. The maximum absolute atomic E-state index is 11.8. The summed E-state index contributed by atoms with van der Waals surface area (Å²) in [4.78, 5) is 13.8. The summed E-state index contributed by atoms with van der Waals surface area (Å²) in [5, 5.41) is 0.602. The fourth-order valence-corrected chi connectivity index (χ4v) is 1.88. The first-order chi connectivity index (χ1) is 9.66. The number of halogens is 1. The molecule has 0 saturated heterocycles. The summed E-state index contributed by atoms with van der Waals surface area (Å²) in [6, 6.07) is 16.6. The van der Waals surface area contributed by atoms with Crippen molar-refractivity contribution < 1.29 is 9.53 Å². The van der Waals surface area contributed by atoms with Gasteiger partial charge in [0.1, 0.15) is 6.61 Å². The third-order valence-electron chi connectivity index (χ3n) is 2.94. The van der Waals surface area contributed by atoms with Crippen LogP contribution in [0.5, 0.6) is 0 Å². The molecule has 2 aromatic carbocycles. The first kappa shape index (κ1) is 14.4. The molecule has 0 saturated carbocycles. The number of carbonyl (C=O) groups is 1. The molecular weight excluding hydrogens is 274 g/mol. The monoisotopic (exact) mass is 289 g/mol. The van der Waals surface area contributed by atoms with Crippen molar-refractivity contribution in [1.29, 1.82) is 0 Å². The summed E-state index contributed by atoms with van der Waals surface area (Å²) in [6.45, 7) is 0.982. The Hall–Kier alpha value is -2.00. The molecule has 0 amide bonds. The fraction of sp³-hybridized carbons (Fsp3) is 0.188. The van der Waals surface area contributed by atoms with Crippen molar-refractivity contribution in [3.8, 4) is 0 Å². The lowest BCUT2D eigenvalue weighted by molar-refractivity contribution is 0.0516. The second kappa shape index (κ2) is 6.96. The predicted molar refractivity (Wildman–Crippen MR) is 81.4 cm³/mol. The van der Waals surface area contributed by atoms with Crippen molar-refractivity contribution in [3.63, 3.8) is 0 Å². The van der Waals surface area contributed by atoms with Gasteiger partial charge in [0.05, 0.1) is 12.1 Å². The zero-order valence-corrected chi connectivity index (χ0v) is 12.0. The number of likely N-dealkylation sites (N-methyl/N-ethyl adjacent to an activating group) is 1. The molecule has 2 aromatic rings. The van der Waals surface area contributed by atoms with E-state index in [-0.39, 0.29) is 5.97 Å². The maximum Gasteiger partial charge on any atom is 0.338 e. The highest BCUT2D eigenvalue weighted by molar-refractivity contribution is 6.30. The number of ether oxygens (including phenoxy) is 1. The normalized spacial score (nSPS) is 10.1. The van der Waals surface area contributed by atoms with Gasteiger partial charge in [0.15, 0.2) is 0 Å². The maximum atomic E-state index is 11.8. The van der Waals surface area contributed by atoms with Crippen LogP contribution >= 0.6 is 11.6 Å². The number of hydrogen-bond acceptors (Lipinski definition) is 3. The van der Waals surface area contributed by atoms with Crippen LogP contribution in [0, 0.1) is 0 Å². The predicted octanol–water partition coefficient (Wildman–Crippen LogP) is 3.63. The van der Waals surface area contributed by atoms with Gasteiger partial charge in [0.25, 0.3) is 0 Å². The highest BCUT2D eigenvalue weighted by Crippen LogP contribution is 2.12. The van der Waals surface area contributed by atoms with Crippen molar-refractivity contribution in [2.75, 3.05) is 25.1 Å². The molecule has 3 nitrogen and oxygen atoms in total. The first-order valence-corrected chi connectivity index (χ1v) is 6.73. The summed E-state index contributed by atoms with van der Waals surface area (Å²) in [5.41, 5.74) is 1.60. The van der Waals surface area contributed by atoms with E-state index in [4.69, 9.17) is 16.3 Å². The van der Waals surface area contributed by atoms with Gasteiger partial charge in [0, 0.05) is 17.8 Å². The van der Waals surface area contributed by atoms with E-state index in [0.29, 0.717) is 23.7 Å². The van der Waals surface area contributed by atoms with Crippen LogP contribution in [-0.2, 0) is 4.74 Å². The quantitative estimate of drug-likeness (QED) is 0.787. The van der Waals surface area contributed by atoms with E-state index in [9.17, 15) is 4.79 Å². The molecule has 0 radical (unpaired) electrons. The lowest BCUT2D eigenvalue weighted by Crippen LogP contribution is -2.23. The van der Waals surface area contributed by atoms with Crippen LogP contribution in [0.1, 0.15) is 10.4 Å². The summed E-state index contributed by atoms with van der Waals surface area (Å²) in [6.07, 6.45) is 0. The molecule has 0 unspecified atom stereocenters. The van der Waals surface area contributed by atoms with Crippen LogP contribution in [0.3, 0.4) is 0 Å². The van der Waals surface area contributed by atoms with E-state index in [2.05, 4.69) is 0 Å². The third kappa shape index (κ3) is 4.00. The third-order valence-corrected chi connectivity index (χ3v) is 3.19. The molecule has 0 aliphatic heterocycles. The minimum Gasteiger partial charge on any atom is -0.460 e. The van der Waals surface area contributed by atoms with E-state index < -0.39 is 0 Å². The summed E-state index contributed by atoms with van der Waals surface area (Å²) < 4.78 is 5.24. The molecule has 104 valence electrons. The Labute approximate surface area is 123 Å². The van der Waals surface area contributed by atoms with E-state index in [1.54, 1.807) is 24.3 Å². The SMILES string of the molecule is CN(CCOC(=O)c1ccc(Cl)cc1)c1ccccc1. The average Bonchev–Trinajstić information content (AvgIpc) is 2.48. The van der Waals surface area contributed by atoms with Gasteiger partial charge in [-0.2, -0.15) is 0 Å². The first-order valence-electron chi connectivity index (χ1n) is 6.36. The van der Waals surface area contributed by atoms with Gasteiger partial charge in [-0.25, -0.2) is 4.79 Å². The lowest BCUT2D eigenvalue weighted by Gasteiger charge is -2.18. The molecule has 0 fully saturated rings. The molecule has 0 N–H and O–H groups in total. The van der Waals surface area contributed by atoms with Gasteiger partial charge in [-0.1, -0.05) is 29.8 Å². The van der Waals surface area contributed by atoms with Gasteiger partial charge in [-0.05, 0) is 36.4 Å². The molecule has 0 aliphatic carbocycles. The second-order valence-corrected chi connectivity index (χ2v) is 4.84. The number of rotatable bonds is 5. The Bertz CT molecular complexity index is 554. The van der Waals surface area contributed by atoms with E-state index in [1.807, 2.05) is 42.3 Å². The molecule has 0 heterocycles. The van der Waals surface area contributed by atoms with Gasteiger partial charge >= 0.3 is 5.97 Å². The molecular formula is C16H16ClNO2. The smallest absolute Gasteiger partial charge is 0.338 e. The van der Waals surface area contributed by atoms with Crippen molar-refractivity contribution in [1.82, 2.24) is 0 Å². The van der Waals surface area contributed by atoms with Crippen LogP contribution in [0.2, 0.25) is 5.02 Å². The van der Waals surface area contributed by atoms with Gasteiger partial charge in [-0.3, -0.25) is 0 Å². The van der Waals surface area contributed by atoms with Gasteiger partial charge in [0.2, 0.25) is 0 Å². The van der Waals surface area contributed by atoms with Crippen LogP contribution in [-0.4, -0.2) is 26.2 Å². The molecule has 4 heteroatoms. The standard InChI is InChI=1S/C16H16ClNO2/c1-18(15-5-3-2-4-6-15)11-12-20-16(19)13-7-9-14(17)10-8-13/h2-10H,11-12H2,1H3. The van der Waals surface area contributed by atoms with E-state index in [1.165, 1.54) is 0 Å². The van der Waals surface area contributed by atoms with E-state index >= 15 is 0 Å². The highest BCUT2D eigenvalue weighted by atomic mass is 35.5. The fourth-order valence-electron chi connectivity index (χ4n) is 1.76. The minimum atomic E-state index is -0.330. The average molecular weight is 290 g/mol. The molecule has 20 heavy (non-hydrogen) atoms. The largest absolute Gasteiger partial charge is 0.460 e. The molecule has 0 spiro atoms. The summed E-state index contributed by atoms with van der Waals surface area (Å²) in [5.74, 6) is -0.330. The molecule has 0 bridgehead atoms. The Morgan fingerprint density at radius 3 is 2.40 bits per heavy atom. The van der Waals surface area contributed by atoms with Crippen LogP contribution in [0.4, 0.5) is 5.69 Å². The van der Waals surface area contributed by atoms with Crippen molar-refractivity contribution in [2.24, 2.45) is 0 Å². The highest BCUT2D eigenvalue weighted by Gasteiger charge is 2.07. The molecule has 0 aromatic heterocycles. The number of para-hydroxylation sites is 1. The number of esters is 1. The van der Waals surface area contributed by atoms with Crippen molar-refractivity contribution >= 4 is 23.3 Å². The van der Waals surface area contributed by atoms with Crippen LogP contribution in [0.15, 0.2) is 54.6 Å². The molecule has 2 rings (SSSR count). The van der Waals surface area contributed by atoms with Gasteiger partial charge in [-0.15, -0.1) is 0 Å². The van der Waals surface area contributed by atoms with Crippen molar-refractivity contribution in [3.05, 3.63) is 65.2 Å². The number of hydrogen-bond donors (Lipinski definition) is 0. The second-order valence-electron chi connectivity index (χ2n) is 4.40. The zero-order chi connectivity index (χ0) is 14.4. The number of nitrogens with zero attached hydrogens (tertiary/aromatic N) is 1. The molecule has 0 atom stereocenters. The Balaban J connectivity index is 1.81. The molecule has 0 aliphatic rings. The van der Waals surface area contributed by atoms with E-state index in [0.717, 1.165) is 5.69 Å². The topological polar surface area (TPSA) is 29.5 Å². The summed E-state index contributed by atoms with van der Waals surface area (Å²) >= 11 is 5.77. The number of anilines is 1. The Kier molecular flexibility index (Phi) is 5.02. The zero-order valence-electron chi connectivity index (χ0n) is 11.3.